The minimum Gasteiger partial charge on any atom is -0.396 e. The van der Waals surface area contributed by atoms with Gasteiger partial charge in [-0.05, 0) is 37.1 Å². The molecule has 106 valence electrons. The van der Waals surface area contributed by atoms with Crippen molar-refractivity contribution < 1.29 is 4.79 Å². The Bertz CT molecular complexity index is 841. The molecule has 3 N–H and O–H groups in total. The maximum Gasteiger partial charge on any atom is 0.268 e. The number of hydrogen-bond donors (Lipinski definition) is 2. The second-order valence-corrected chi connectivity index (χ2v) is 5.81. The van der Waals surface area contributed by atoms with Crippen LogP contribution < -0.4 is 11.1 Å². The van der Waals surface area contributed by atoms with Gasteiger partial charge in [-0.15, -0.1) is 11.3 Å². The first kappa shape index (κ1) is 13.5. The first-order valence-electron chi connectivity index (χ1n) is 6.44. The van der Waals surface area contributed by atoms with E-state index in [1.54, 1.807) is 12.4 Å². The summed E-state index contributed by atoms with van der Waals surface area (Å²) in [6.45, 7) is 4.04. The minimum atomic E-state index is -0.236. The average Bonchev–Trinajstić information content (AvgIpc) is 2.81. The molecule has 0 radical (unpaired) electrons. The second-order valence-electron chi connectivity index (χ2n) is 4.81. The summed E-state index contributed by atoms with van der Waals surface area (Å²) in [6, 6.07) is 5.79. The number of carbonyl (C=O) groups excluding carboxylic acids is 1. The molecule has 1 amide bonds. The van der Waals surface area contributed by atoms with Gasteiger partial charge in [0.2, 0.25) is 0 Å². The lowest BCUT2D eigenvalue weighted by Gasteiger charge is -2.07. The summed E-state index contributed by atoms with van der Waals surface area (Å²) in [5, 5.41) is 2.86. The number of benzene rings is 1. The van der Waals surface area contributed by atoms with E-state index in [1.807, 2.05) is 32.0 Å². The SMILES string of the molecule is Cc1ccc(NC(=O)c2sc3nccnc3c2N)cc1C. The maximum absolute atomic E-state index is 12.4. The van der Waals surface area contributed by atoms with Crippen LogP contribution in [0.15, 0.2) is 30.6 Å². The number of rotatable bonds is 2. The van der Waals surface area contributed by atoms with Gasteiger partial charge in [-0.25, -0.2) is 9.97 Å². The van der Waals surface area contributed by atoms with Crippen LogP contribution in [0.5, 0.6) is 0 Å². The normalized spacial score (nSPS) is 10.8. The van der Waals surface area contributed by atoms with Crippen LogP contribution in [0.25, 0.3) is 10.3 Å². The fourth-order valence-electron chi connectivity index (χ4n) is 2.02. The number of carbonyl (C=O) groups is 1. The third-order valence-electron chi connectivity index (χ3n) is 3.33. The molecule has 0 saturated carbocycles. The molecule has 2 aromatic heterocycles. The van der Waals surface area contributed by atoms with Gasteiger partial charge in [-0.2, -0.15) is 0 Å². The van der Waals surface area contributed by atoms with Crippen molar-refractivity contribution in [1.82, 2.24) is 9.97 Å². The van der Waals surface area contributed by atoms with Crippen LogP contribution in [0.1, 0.15) is 20.8 Å². The summed E-state index contributed by atoms with van der Waals surface area (Å²) in [6.07, 6.45) is 3.15. The average molecular weight is 298 g/mol. The molecule has 0 saturated heterocycles. The predicted octanol–water partition coefficient (Wildman–Crippen LogP) is 3.14. The predicted molar refractivity (Wildman–Crippen MR) is 85.7 cm³/mol. The highest BCUT2D eigenvalue weighted by molar-refractivity contribution is 7.21. The molecule has 5 nitrogen and oxygen atoms in total. The Morgan fingerprint density at radius 2 is 1.95 bits per heavy atom. The number of nitrogen functional groups attached to an aromatic ring is 1. The molecule has 1 aromatic carbocycles. The molecule has 21 heavy (non-hydrogen) atoms. The first-order valence-corrected chi connectivity index (χ1v) is 7.25. The molecule has 0 unspecified atom stereocenters. The molecular weight excluding hydrogens is 284 g/mol. The Balaban J connectivity index is 1.93. The molecule has 3 aromatic rings. The Hall–Kier alpha value is -2.47. The number of hydrogen-bond acceptors (Lipinski definition) is 5. The zero-order chi connectivity index (χ0) is 15.0. The Morgan fingerprint density at radius 3 is 2.67 bits per heavy atom. The van der Waals surface area contributed by atoms with Gasteiger partial charge in [0.15, 0.2) is 0 Å². The van der Waals surface area contributed by atoms with E-state index in [-0.39, 0.29) is 5.91 Å². The van der Waals surface area contributed by atoms with E-state index < -0.39 is 0 Å². The maximum atomic E-state index is 12.4. The summed E-state index contributed by atoms with van der Waals surface area (Å²) in [5.74, 6) is -0.236. The molecule has 0 spiro atoms. The van der Waals surface area contributed by atoms with Crippen LogP contribution >= 0.6 is 11.3 Å². The van der Waals surface area contributed by atoms with Crippen molar-refractivity contribution in [2.75, 3.05) is 11.1 Å². The number of nitrogens with zero attached hydrogens (tertiary/aromatic N) is 2. The molecule has 0 fully saturated rings. The van der Waals surface area contributed by atoms with Crippen LogP contribution in [0.2, 0.25) is 0 Å². The highest BCUT2D eigenvalue weighted by atomic mass is 32.1. The molecule has 6 heteroatoms. The van der Waals surface area contributed by atoms with Gasteiger partial charge in [-0.1, -0.05) is 6.07 Å². The van der Waals surface area contributed by atoms with Crippen molar-refractivity contribution in [3.05, 3.63) is 46.6 Å². The van der Waals surface area contributed by atoms with Gasteiger partial charge in [0.1, 0.15) is 15.2 Å². The summed E-state index contributed by atoms with van der Waals surface area (Å²) < 4.78 is 0. The van der Waals surface area contributed by atoms with Gasteiger partial charge >= 0.3 is 0 Å². The Morgan fingerprint density at radius 1 is 1.19 bits per heavy atom. The van der Waals surface area contributed by atoms with Crippen molar-refractivity contribution in [1.29, 1.82) is 0 Å². The number of aromatic nitrogens is 2. The second kappa shape index (κ2) is 5.14. The third-order valence-corrected chi connectivity index (χ3v) is 4.44. The monoisotopic (exact) mass is 298 g/mol. The molecule has 2 heterocycles. The smallest absolute Gasteiger partial charge is 0.268 e. The van der Waals surface area contributed by atoms with Gasteiger partial charge in [0.25, 0.3) is 5.91 Å². The molecule has 3 rings (SSSR count). The standard InChI is InChI=1S/C15H14N4OS/c1-8-3-4-10(7-9(8)2)19-14(20)13-11(16)12-15(21-13)18-6-5-17-12/h3-7H,16H2,1-2H3,(H,19,20). The number of amides is 1. The summed E-state index contributed by atoms with van der Waals surface area (Å²) in [7, 11) is 0. The van der Waals surface area contributed by atoms with E-state index >= 15 is 0 Å². The third kappa shape index (κ3) is 2.45. The van der Waals surface area contributed by atoms with Crippen LogP contribution in [0.3, 0.4) is 0 Å². The van der Waals surface area contributed by atoms with Crippen LogP contribution in [0, 0.1) is 13.8 Å². The Kier molecular flexibility index (Phi) is 3.31. The molecular formula is C15H14N4OS. The molecule has 0 aliphatic heterocycles. The number of fused-ring (bicyclic) bond motifs is 1. The van der Waals surface area contributed by atoms with E-state index in [9.17, 15) is 4.79 Å². The number of aryl methyl sites for hydroxylation is 2. The van der Waals surface area contributed by atoms with Gasteiger partial charge in [0, 0.05) is 18.1 Å². The largest absolute Gasteiger partial charge is 0.396 e. The summed E-state index contributed by atoms with van der Waals surface area (Å²) in [5.41, 5.74) is 10.0. The highest BCUT2D eigenvalue weighted by Gasteiger charge is 2.18. The number of thiophene rings is 1. The van der Waals surface area contributed by atoms with Crippen molar-refractivity contribution in [2.45, 2.75) is 13.8 Å². The molecule has 0 bridgehead atoms. The lowest BCUT2D eigenvalue weighted by Crippen LogP contribution is -2.12. The van der Waals surface area contributed by atoms with Gasteiger partial charge < -0.3 is 11.1 Å². The van der Waals surface area contributed by atoms with Gasteiger partial charge in [0.05, 0.1) is 5.69 Å². The number of anilines is 2. The lowest BCUT2D eigenvalue weighted by molar-refractivity contribution is 0.103. The molecule has 0 atom stereocenters. The zero-order valence-electron chi connectivity index (χ0n) is 11.7. The highest BCUT2D eigenvalue weighted by Crippen LogP contribution is 2.31. The van der Waals surface area contributed by atoms with E-state index in [2.05, 4.69) is 15.3 Å². The Labute approximate surface area is 125 Å². The van der Waals surface area contributed by atoms with E-state index in [1.165, 1.54) is 16.9 Å². The van der Waals surface area contributed by atoms with E-state index in [0.29, 0.717) is 20.9 Å². The van der Waals surface area contributed by atoms with Crippen molar-refractivity contribution in [3.8, 4) is 0 Å². The molecule has 0 aliphatic carbocycles. The zero-order valence-corrected chi connectivity index (χ0v) is 12.5. The minimum absolute atomic E-state index is 0.236. The fraction of sp³-hybridized carbons (Fsp3) is 0.133. The van der Waals surface area contributed by atoms with Crippen molar-refractivity contribution in [3.63, 3.8) is 0 Å². The van der Waals surface area contributed by atoms with Crippen LogP contribution in [0.4, 0.5) is 11.4 Å². The van der Waals surface area contributed by atoms with E-state index in [0.717, 1.165) is 11.3 Å². The number of nitrogens with one attached hydrogen (secondary N) is 1. The lowest BCUT2D eigenvalue weighted by atomic mass is 10.1. The fourth-order valence-corrected chi connectivity index (χ4v) is 2.94. The quantitative estimate of drug-likeness (QED) is 0.761. The topological polar surface area (TPSA) is 80.9 Å². The first-order chi connectivity index (χ1) is 10.1. The summed E-state index contributed by atoms with van der Waals surface area (Å²) in [4.78, 5) is 21.8. The van der Waals surface area contributed by atoms with Gasteiger partial charge in [-0.3, -0.25) is 4.79 Å². The van der Waals surface area contributed by atoms with Crippen LogP contribution in [-0.2, 0) is 0 Å². The molecule has 0 aliphatic rings. The van der Waals surface area contributed by atoms with E-state index in [4.69, 9.17) is 5.73 Å². The van der Waals surface area contributed by atoms with Crippen LogP contribution in [-0.4, -0.2) is 15.9 Å². The summed E-state index contributed by atoms with van der Waals surface area (Å²) >= 11 is 1.25. The van der Waals surface area contributed by atoms with Crippen molar-refractivity contribution >= 4 is 39.0 Å². The number of nitrogens with two attached hydrogens (primary N) is 1. The van der Waals surface area contributed by atoms with Crippen molar-refractivity contribution in [2.24, 2.45) is 0 Å².